The molecule has 0 aliphatic carbocycles. The number of nitrogens with one attached hydrogen (secondary N) is 1. The molecule has 1 fully saturated rings. The highest BCUT2D eigenvalue weighted by Gasteiger charge is 2.40. The van der Waals surface area contributed by atoms with Crippen molar-refractivity contribution in [3.8, 4) is 0 Å². The molecule has 2 heterocycles. The van der Waals surface area contributed by atoms with Crippen LogP contribution in [0.4, 0.5) is 0 Å². The summed E-state index contributed by atoms with van der Waals surface area (Å²) >= 11 is 0. The van der Waals surface area contributed by atoms with Crippen molar-refractivity contribution in [2.45, 2.75) is 58.2 Å². The number of rotatable bonds is 6. The predicted molar refractivity (Wildman–Crippen MR) is 72.5 cm³/mol. The maximum absolute atomic E-state index is 6.00. The maximum atomic E-state index is 6.00. The van der Waals surface area contributed by atoms with Crippen molar-refractivity contribution in [1.82, 2.24) is 14.9 Å². The van der Waals surface area contributed by atoms with Gasteiger partial charge >= 0.3 is 0 Å². The van der Waals surface area contributed by atoms with E-state index in [2.05, 4.69) is 41.8 Å². The van der Waals surface area contributed by atoms with E-state index in [1.165, 1.54) is 0 Å². The van der Waals surface area contributed by atoms with E-state index in [1.807, 2.05) is 6.20 Å². The van der Waals surface area contributed by atoms with E-state index in [0.29, 0.717) is 0 Å². The first-order valence-electron chi connectivity index (χ1n) is 7.09. The Morgan fingerprint density at radius 3 is 3.00 bits per heavy atom. The molecule has 1 aliphatic rings. The molecule has 2 rings (SSSR count). The summed E-state index contributed by atoms with van der Waals surface area (Å²) in [5.41, 5.74) is -0.118. The third-order valence-electron chi connectivity index (χ3n) is 3.74. The summed E-state index contributed by atoms with van der Waals surface area (Å²) in [4.78, 5) is 4.56. The van der Waals surface area contributed by atoms with Crippen LogP contribution >= 0.6 is 0 Å². The Bertz CT molecular complexity index is 369. The summed E-state index contributed by atoms with van der Waals surface area (Å²) in [6, 6.07) is 0.187. The Morgan fingerprint density at radius 2 is 2.39 bits per heavy atom. The molecule has 4 heteroatoms. The fourth-order valence-electron chi connectivity index (χ4n) is 2.82. The second-order valence-corrected chi connectivity index (χ2v) is 5.23. The number of likely N-dealkylation sites (N-methyl/N-ethyl adjacent to an activating group) is 1. The monoisotopic (exact) mass is 251 g/mol. The third-order valence-corrected chi connectivity index (χ3v) is 3.74. The number of imidazole rings is 1. The molecule has 1 saturated heterocycles. The minimum absolute atomic E-state index is 0.118. The first kappa shape index (κ1) is 13.6. The molecule has 0 bridgehead atoms. The van der Waals surface area contributed by atoms with Crippen molar-refractivity contribution in [3.63, 3.8) is 0 Å². The van der Waals surface area contributed by atoms with Crippen LogP contribution in [0, 0.1) is 0 Å². The van der Waals surface area contributed by atoms with Crippen molar-refractivity contribution in [2.24, 2.45) is 0 Å². The normalized spacial score (nSPS) is 25.5. The lowest BCUT2D eigenvalue weighted by atomic mass is 9.92. The van der Waals surface area contributed by atoms with Crippen molar-refractivity contribution in [3.05, 3.63) is 18.2 Å². The average molecular weight is 251 g/mol. The van der Waals surface area contributed by atoms with Crippen LogP contribution in [0.15, 0.2) is 12.4 Å². The molecule has 2 atom stereocenters. The minimum Gasteiger partial charge on any atom is -0.373 e. The largest absolute Gasteiger partial charge is 0.373 e. The van der Waals surface area contributed by atoms with Crippen molar-refractivity contribution < 1.29 is 4.74 Å². The van der Waals surface area contributed by atoms with Gasteiger partial charge in [-0.3, -0.25) is 0 Å². The van der Waals surface area contributed by atoms with Crippen LogP contribution in [0.5, 0.6) is 0 Å². The van der Waals surface area contributed by atoms with E-state index in [4.69, 9.17) is 4.74 Å². The molecule has 4 nitrogen and oxygen atoms in total. The molecule has 1 aromatic heterocycles. The van der Waals surface area contributed by atoms with Gasteiger partial charge in [0, 0.05) is 25.5 Å². The Balaban J connectivity index is 2.25. The van der Waals surface area contributed by atoms with Crippen LogP contribution in [0.1, 0.15) is 51.9 Å². The lowest BCUT2D eigenvalue weighted by molar-refractivity contribution is -0.0153. The zero-order valence-corrected chi connectivity index (χ0v) is 11.8. The fraction of sp³-hybridized carbons (Fsp3) is 0.786. The highest BCUT2D eigenvalue weighted by molar-refractivity contribution is 5.08. The van der Waals surface area contributed by atoms with Gasteiger partial charge in [0.2, 0.25) is 0 Å². The first-order chi connectivity index (χ1) is 8.71. The maximum Gasteiger partial charge on any atom is 0.128 e. The molecule has 2 unspecified atom stereocenters. The molecule has 1 aromatic rings. The van der Waals surface area contributed by atoms with E-state index in [1.54, 1.807) is 0 Å². The van der Waals surface area contributed by atoms with Crippen LogP contribution < -0.4 is 5.32 Å². The number of aryl methyl sites for hydroxylation is 1. The smallest absolute Gasteiger partial charge is 0.128 e. The molecule has 102 valence electrons. The van der Waals surface area contributed by atoms with Crippen LogP contribution in [-0.2, 0) is 11.3 Å². The highest BCUT2D eigenvalue weighted by atomic mass is 16.5. The highest BCUT2D eigenvalue weighted by Crippen LogP contribution is 2.36. The number of nitrogens with zero attached hydrogens (tertiary/aromatic N) is 2. The lowest BCUT2D eigenvalue weighted by Gasteiger charge is -2.33. The quantitative estimate of drug-likeness (QED) is 0.844. The van der Waals surface area contributed by atoms with Crippen molar-refractivity contribution in [1.29, 1.82) is 0 Å². The van der Waals surface area contributed by atoms with Crippen LogP contribution in [0.25, 0.3) is 0 Å². The van der Waals surface area contributed by atoms with Gasteiger partial charge in [-0.2, -0.15) is 0 Å². The summed E-state index contributed by atoms with van der Waals surface area (Å²) in [6.45, 7) is 9.36. The number of hydrogen-bond donors (Lipinski definition) is 1. The van der Waals surface area contributed by atoms with E-state index in [9.17, 15) is 0 Å². The second-order valence-electron chi connectivity index (χ2n) is 5.23. The lowest BCUT2D eigenvalue weighted by Crippen LogP contribution is -2.42. The van der Waals surface area contributed by atoms with Gasteiger partial charge in [0.15, 0.2) is 0 Å². The molecule has 0 saturated carbocycles. The Hall–Kier alpha value is -0.870. The number of hydrogen-bond acceptors (Lipinski definition) is 3. The van der Waals surface area contributed by atoms with Gasteiger partial charge in [-0.25, -0.2) is 4.98 Å². The standard InChI is InChI=1S/C14H25N3O/c1-4-9-17-10-8-16-13(17)12(15-5-2)14(3)7-6-11-18-14/h8,10,12,15H,4-7,9,11H2,1-3H3. The second kappa shape index (κ2) is 5.85. The van der Waals surface area contributed by atoms with E-state index >= 15 is 0 Å². The zero-order valence-electron chi connectivity index (χ0n) is 11.8. The molecule has 0 spiro atoms. The molecule has 0 radical (unpaired) electrons. The summed E-state index contributed by atoms with van der Waals surface area (Å²) < 4.78 is 8.25. The Labute approximate surface area is 110 Å². The molecule has 0 amide bonds. The van der Waals surface area contributed by atoms with E-state index in [-0.39, 0.29) is 11.6 Å². The van der Waals surface area contributed by atoms with Gasteiger partial charge in [0.25, 0.3) is 0 Å². The minimum atomic E-state index is -0.118. The number of ether oxygens (including phenoxy) is 1. The summed E-state index contributed by atoms with van der Waals surface area (Å²) in [5, 5.41) is 3.56. The Kier molecular flexibility index (Phi) is 4.40. The molecule has 18 heavy (non-hydrogen) atoms. The van der Waals surface area contributed by atoms with Crippen LogP contribution in [0.3, 0.4) is 0 Å². The number of aromatic nitrogens is 2. The van der Waals surface area contributed by atoms with Crippen molar-refractivity contribution in [2.75, 3.05) is 13.2 Å². The summed E-state index contributed by atoms with van der Waals surface area (Å²) in [7, 11) is 0. The topological polar surface area (TPSA) is 39.1 Å². The molecular weight excluding hydrogens is 226 g/mol. The fourth-order valence-corrected chi connectivity index (χ4v) is 2.82. The molecule has 1 aliphatic heterocycles. The van der Waals surface area contributed by atoms with Gasteiger partial charge in [-0.05, 0) is 32.7 Å². The summed E-state index contributed by atoms with van der Waals surface area (Å²) in [6.07, 6.45) is 7.34. The average Bonchev–Trinajstić information content (AvgIpc) is 2.97. The van der Waals surface area contributed by atoms with Crippen LogP contribution in [0.2, 0.25) is 0 Å². The van der Waals surface area contributed by atoms with Crippen LogP contribution in [-0.4, -0.2) is 28.3 Å². The van der Waals surface area contributed by atoms with Gasteiger partial charge in [-0.1, -0.05) is 13.8 Å². The van der Waals surface area contributed by atoms with E-state index in [0.717, 1.165) is 44.8 Å². The molecule has 1 N–H and O–H groups in total. The zero-order chi connectivity index (χ0) is 13.0. The molecule has 0 aromatic carbocycles. The summed E-state index contributed by atoms with van der Waals surface area (Å²) in [5.74, 6) is 1.11. The van der Waals surface area contributed by atoms with E-state index < -0.39 is 0 Å². The third kappa shape index (κ3) is 2.59. The Morgan fingerprint density at radius 1 is 1.56 bits per heavy atom. The SMILES string of the molecule is CCCn1ccnc1C(NCC)C1(C)CCCO1. The van der Waals surface area contributed by atoms with Gasteiger partial charge in [0.1, 0.15) is 5.82 Å². The molecular formula is C14H25N3O. The van der Waals surface area contributed by atoms with Gasteiger partial charge in [0.05, 0.1) is 11.6 Å². The van der Waals surface area contributed by atoms with Crippen molar-refractivity contribution >= 4 is 0 Å². The van der Waals surface area contributed by atoms with Gasteiger partial charge in [-0.15, -0.1) is 0 Å². The van der Waals surface area contributed by atoms with Gasteiger partial charge < -0.3 is 14.6 Å². The predicted octanol–water partition coefficient (Wildman–Crippen LogP) is 2.51. The first-order valence-corrected chi connectivity index (χ1v) is 7.09.